The number of thiophene rings is 1. The van der Waals surface area contributed by atoms with Crippen molar-refractivity contribution in [2.45, 2.75) is 47.0 Å². The molecular formula is C32H32N2O3S. The van der Waals surface area contributed by atoms with Gasteiger partial charge < -0.3 is 9.73 Å². The molecule has 0 radical (unpaired) electrons. The topological polar surface area (TPSA) is 71.7 Å². The van der Waals surface area contributed by atoms with Crippen LogP contribution in [0.15, 0.2) is 76.1 Å². The van der Waals surface area contributed by atoms with Crippen LogP contribution in [0.25, 0.3) is 11.3 Å². The predicted octanol–water partition coefficient (Wildman–Crippen LogP) is 8.36. The maximum atomic E-state index is 13.5. The van der Waals surface area contributed by atoms with E-state index in [0.717, 1.165) is 36.1 Å². The zero-order valence-electron chi connectivity index (χ0n) is 22.2. The number of hydrogen-bond donors (Lipinski definition) is 1. The molecule has 194 valence electrons. The lowest BCUT2D eigenvalue weighted by Crippen LogP contribution is -2.27. The summed E-state index contributed by atoms with van der Waals surface area (Å²) in [5.41, 5.74) is 4.33. The van der Waals surface area contributed by atoms with Gasteiger partial charge in [-0.05, 0) is 67.3 Å². The van der Waals surface area contributed by atoms with Crippen LogP contribution in [0.1, 0.15) is 71.0 Å². The molecule has 5 nitrogen and oxygen atoms in total. The summed E-state index contributed by atoms with van der Waals surface area (Å²) in [5, 5.41) is 3.77. The Balaban J connectivity index is 1.44. The van der Waals surface area contributed by atoms with E-state index in [1.54, 1.807) is 36.6 Å². The summed E-state index contributed by atoms with van der Waals surface area (Å²) in [7, 11) is 0. The van der Waals surface area contributed by atoms with Crippen LogP contribution in [0.3, 0.4) is 0 Å². The Hall–Kier alpha value is -3.77. The second-order valence-electron chi connectivity index (χ2n) is 10.9. The molecule has 4 aromatic rings. The highest BCUT2D eigenvalue weighted by Gasteiger charge is 2.33. The van der Waals surface area contributed by atoms with Gasteiger partial charge >= 0.3 is 0 Å². The summed E-state index contributed by atoms with van der Waals surface area (Å²) in [6.07, 6.45) is 4.59. The molecule has 1 aliphatic rings. The number of nitrogens with one attached hydrogen (secondary N) is 1. The number of ketones is 1. The fourth-order valence-electron chi connectivity index (χ4n) is 4.92. The lowest BCUT2D eigenvalue weighted by molar-refractivity contribution is 0.101. The number of anilines is 1. The second kappa shape index (κ2) is 10.5. The van der Waals surface area contributed by atoms with Gasteiger partial charge in [0.2, 0.25) is 0 Å². The summed E-state index contributed by atoms with van der Waals surface area (Å²) in [6.45, 7) is 8.43. The van der Waals surface area contributed by atoms with Crippen LogP contribution in [0.2, 0.25) is 0 Å². The fraction of sp³-hybridized carbons (Fsp3) is 0.281. The highest BCUT2D eigenvalue weighted by atomic mass is 32.1. The third kappa shape index (κ3) is 5.55. The van der Waals surface area contributed by atoms with Gasteiger partial charge in [-0.2, -0.15) is 0 Å². The maximum Gasteiger partial charge on any atom is 0.259 e. The van der Waals surface area contributed by atoms with Gasteiger partial charge in [-0.25, -0.2) is 4.99 Å². The molecule has 2 heterocycles. The minimum Gasteiger partial charge on any atom is -0.455 e. The number of para-hydroxylation sites is 1. The number of rotatable bonds is 6. The minimum absolute atomic E-state index is 0.0309. The molecular weight excluding hydrogens is 492 g/mol. The summed E-state index contributed by atoms with van der Waals surface area (Å²) in [5.74, 6) is 1.77. The van der Waals surface area contributed by atoms with E-state index < -0.39 is 0 Å². The van der Waals surface area contributed by atoms with Crippen LogP contribution in [-0.4, -0.2) is 17.9 Å². The Labute approximate surface area is 227 Å². The Bertz CT molecular complexity index is 1490. The Morgan fingerprint density at radius 2 is 1.76 bits per heavy atom. The Morgan fingerprint density at radius 1 is 1.03 bits per heavy atom. The van der Waals surface area contributed by atoms with E-state index in [1.807, 2.05) is 54.6 Å². The van der Waals surface area contributed by atoms with Crippen molar-refractivity contribution in [2.75, 3.05) is 5.32 Å². The van der Waals surface area contributed by atoms with E-state index in [1.165, 1.54) is 4.88 Å². The van der Waals surface area contributed by atoms with Crippen molar-refractivity contribution < 1.29 is 14.0 Å². The average Bonchev–Trinajstić information content (AvgIpc) is 3.51. The van der Waals surface area contributed by atoms with Crippen molar-refractivity contribution >= 4 is 39.9 Å². The molecule has 6 heteroatoms. The second-order valence-corrected chi connectivity index (χ2v) is 12.0. The molecule has 1 atom stereocenters. The van der Waals surface area contributed by atoms with E-state index in [-0.39, 0.29) is 17.1 Å². The quantitative estimate of drug-likeness (QED) is 0.203. The number of Topliss-reactive ketones (excluding diaryl/α,β-unsaturated/α-hetero) is 1. The monoisotopic (exact) mass is 524 g/mol. The number of furan rings is 1. The number of fused-ring (bicyclic) bond motifs is 1. The molecule has 1 aliphatic carbocycles. The molecule has 0 bridgehead atoms. The van der Waals surface area contributed by atoms with E-state index in [0.29, 0.717) is 33.6 Å². The zero-order chi connectivity index (χ0) is 26.9. The SMILES string of the molecule is CC(=O)c1ccc(-c2ccc(C=Nc3sc4c(c3C(=O)Nc3ccccc3)CC[C@H](C(C)(C)C)C4)o2)cc1. The normalized spacial score (nSPS) is 15.4. The van der Waals surface area contributed by atoms with Gasteiger partial charge in [-0.15, -0.1) is 11.3 Å². The lowest BCUT2D eigenvalue weighted by atomic mass is 9.72. The van der Waals surface area contributed by atoms with Crippen molar-refractivity contribution in [3.63, 3.8) is 0 Å². The van der Waals surface area contributed by atoms with E-state index in [4.69, 9.17) is 9.41 Å². The summed E-state index contributed by atoms with van der Waals surface area (Å²) < 4.78 is 6.02. The molecule has 5 rings (SSSR count). The molecule has 1 N–H and O–H groups in total. The maximum absolute atomic E-state index is 13.5. The summed E-state index contributed by atoms with van der Waals surface area (Å²) in [4.78, 5) is 31.1. The standard InChI is InChI=1S/C32H32N2O3S/c1-20(35)21-10-12-22(13-11-21)27-17-15-25(37-27)19-33-31-29(30(36)34-24-8-6-5-7-9-24)26-16-14-23(32(2,3)4)18-28(26)38-31/h5-13,15,17,19,23H,14,16,18H2,1-4H3,(H,34,36)/t23-/m0/s1. The fourth-order valence-corrected chi connectivity index (χ4v) is 6.19. The van der Waals surface area contributed by atoms with Gasteiger partial charge in [0.05, 0.1) is 11.8 Å². The number of carbonyl (C=O) groups is 2. The van der Waals surface area contributed by atoms with E-state index >= 15 is 0 Å². The largest absolute Gasteiger partial charge is 0.455 e. The van der Waals surface area contributed by atoms with Gasteiger partial charge in [-0.3, -0.25) is 9.59 Å². The number of benzene rings is 2. The molecule has 2 aromatic heterocycles. The van der Waals surface area contributed by atoms with Gasteiger partial charge in [-0.1, -0.05) is 63.2 Å². The number of hydrogen-bond acceptors (Lipinski definition) is 5. The first-order valence-corrected chi connectivity index (χ1v) is 13.8. The first kappa shape index (κ1) is 25.9. The lowest BCUT2D eigenvalue weighted by Gasteiger charge is -2.33. The number of nitrogens with zero attached hydrogens (tertiary/aromatic N) is 1. The summed E-state index contributed by atoms with van der Waals surface area (Å²) in [6, 6.07) is 20.6. The number of aliphatic imine (C=N–C) groups is 1. The highest BCUT2D eigenvalue weighted by molar-refractivity contribution is 7.16. The zero-order valence-corrected chi connectivity index (χ0v) is 23.0. The van der Waals surface area contributed by atoms with Crippen LogP contribution in [0.5, 0.6) is 0 Å². The molecule has 38 heavy (non-hydrogen) atoms. The molecule has 0 saturated carbocycles. The van der Waals surface area contributed by atoms with Crippen LogP contribution >= 0.6 is 11.3 Å². The smallest absolute Gasteiger partial charge is 0.259 e. The van der Waals surface area contributed by atoms with E-state index in [9.17, 15) is 9.59 Å². The van der Waals surface area contributed by atoms with Gasteiger partial charge in [0.1, 0.15) is 16.5 Å². The molecule has 1 amide bonds. The Morgan fingerprint density at radius 3 is 2.45 bits per heavy atom. The van der Waals surface area contributed by atoms with E-state index in [2.05, 4.69) is 26.1 Å². The summed E-state index contributed by atoms with van der Waals surface area (Å²) >= 11 is 1.62. The molecule has 0 unspecified atom stereocenters. The molecule has 0 spiro atoms. The van der Waals surface area contributed by atoms with Gasteiger partial charge in [0, 0.05) is 21.7 Å². The van der Waals surface area contributed by atoms with Crippen molar-refractivity contribution in [1.29, 1.82) is 0 Å². The third-order valence-electron chi connectivity index (χ3n) is 7.24. The Kier molecular flexibility index (Phi) is 7.17. The first-order chi connectivity index (χ1) is 18.2. The van der Waals surface area contributed by atoms with Gasteiger partial charge in [0.15, 0.2) is 5.78 Å². The van der Waals surface area contributed by atoms with Crippen LogP contribution in [0.4, 0.5) is 10.7 Å². The predicted molar refractivity (Wildman–Crippen MR) is 155 cm³/mol. The average molecular weight is 525 g/mol. The molecule has 2 aromatic carbocycles. The van der Waals surface area contributed by atoms with Crippen molar-refractivity contribution in [3.05, 3.63) is 94.1 Å². The van der Waals surface area contributed by atoms with Crippen molar-refractivity contribution in [2.24, 2.45) is 16.3 Å². The molecule has 0 fully saturated rings. The molecule has 0 saturated heterocycles. The van der Waals surface area contributed by atoms with Crippen molar-refractivity contribution in [3.8, 4) is 11.3 Å². The van der Waals surface area contributed by atoms with Crippen LogP contribution in [-0.2, 0) is 12.8 Å². The van der Waals surface area contributed by atoms with Crippen LogP contribution in [0, 0.1) is 11.3 Å². The molecule has 0 aliphatic heterocycles. The minimum atomic E-state index is -0.124. The third-order valence-corrected chi connectivity index (χ3v) is 8.40. The van der Waals surface area contributed by atoms with Crippen LogP contribution < -0.4 is 5.32 Å². The number of amides is 1. The van der Waals surface area contributed by atoms with Gasteiger partial charge in [0.25, 0.3) is 5.91 Å². The van der Waals surface area contributed by atoms with Crippen molar-refractivity contribution in [1.82, 2.24) is 0 Å². The highest BCUT2D eigenvalue weighted by Crippen LogP contribution is 2.45. The number of carbonyl (C=O) groups excluding carboxylic acids is 2. The first-order valence-electron chi connectivity index (χ1n) is 13.0.